The first kappa shape index (κ1) is 26.1. The molecule has 0 atom stereocenters. The Labute approximate surface area is 211 Å². The number of nitrogens with zero attached hydrogens (tertiary/aromatic N) is 1. The van der Waals surface area contributed by atoms with Gasteiger partial charge >= 0.3 is 5.97 Å². The average Bonchev–Trinajstić information content (AvgIpc) is 3.08. The highest BCUT2D eigenvalue weighted by molar-refractivity contribution is 8.18. The van der Waals surface area contributed by atoms with E-state index in [2.05, 4.69) is 10.1 Å². The van der Waals surface area contributed by atoms with E-state index in [1.54, 1.807) is 50.2 Å². The predicted molar refractivity (Wildman–Crippen MR) is 133 cm³/mol. The van der Waals surface area contributed by atoms with Crippen LogP contribution in [0.3, 0.4) is 0 Å². The van der Waals surface area contributed by atoms with Crippen molar-refractivity contribution in [3.8, 4) is 11.5 Å². The highest BCUT2D eigenvalue weighted by Gasteiger charge is 2.36. The molecule has 35 heavy (non-hydrogen) atoms. The third-order valence-electron chi connectivity index (χ3n) is 4.79. The average molecular weight is 519 g/mol. The topological polar surface area (TPSA) is 111 Å². The number of esters is 1. The maximum atomic E-state index is 12.8. The number of aryl methyl sites for hydroxylation is 1. The van der Waals surface area contributed by atoms with Gasteiger partial charge in [0.15, 0.2) is 18.1 Å². The molecule has 2 aromatic rings. The van der Waals surface area contributed by atoms with Gasteiger partial charge in [-0.15, -0.1) is 0 Å². The van der Waals surface area contributed by atoms with Crippen molar-refractivity contribution in [2.45, 2.75) is 13.8 Å². The van der Waals surface area contributed by atoms with Crippen molar-refractivity contribution in [1.29, 1.82) is 0 Å². The number of thioether (sulfide) groups is 1. The number of imide groups is 1. The Morgan fingerprint density at radius 2 is 1.89 bits per heavy atom. The van der Waals surface area contributed by atoms with Gasteiger partial charge in [-0.2, -0.15) is 0 Å². The summed E-state index contributed by atoms with van der Waals surface area (Å²) in [7, 11) is 1.26. The molecule has 1 aliphatic heterocycles. The molecule has 0 aliphatic carbocycles. The number of ether oxygens (including phenoxy) is 3. The van der Waals surface area contributed by atoms with Crippen molar-refractivity contribution in [3.05, 3.63) is 57.5 Å². The van der Waals surface area contributed by atoms with Crippen molar-refractivity contribution in [3.63, 3.8) is 0 Å². The molecule has 11 heteroatoms. The van der Waals surface area contributed by atoms with Crippen LogP contribution in [0.5, 0.6) is 11.5 Å². The maximum Gasteiger partial charge on any atom is 0.343 e. The standard InChI is InChI=1S/C24H23ClN2O7S/c1-4-33-19-9-15(6-8-18(19)34-13-22(29)32-3)10-20-23(30)27(24(31)35-20)12-21(28)26-17-11-16(25)7-5-14(17)2/h5-11H,4,12-13H2,1-3H3,(H,26,28)/b20-10+. The molecule has 0 bridgehead atoms. The van der Waals surface area contributed by atoms with Crippen LogP contribution in [-0.2, 0) is 19.1 Å². The van der Waals surface area contributed by atoms with Crippen LogP contribution in [0.4, 0.5) is 10.5 Å². The Morgan fingerprint density at radius 1 is 1.11 bits per heavy atom. The zero-order valence-corrected chi connectivity index (χ0v) is 20.8. The molecule has 0 aromatic heterocycles. The minimum atomic E-state index is -0.582. The summed E-state index contributed by atoms with van der Waals surface area (Å²) in [6, 6.07) is 9.91. The van der Waals surface area contributed by atoms with Crippen LogP contribution in [0.15, 0.2) is 41.3 Å². The van der Waals surface area contributed by atoms with Gasteiger partial charge in [0, 0.05) is 10.7 Å². The lowest BCUT2D eigenvalue weighted by Gasteiger charge is -2.14. The van der Waals surface area contributed by atoms with E-state index >= 15 is 0 Å². The maximum absolute atomic E-state index is 12.8. The second-order valence-electron chi connectivity index (χ2n) is 7.28. The Balaban J connectivity index is 1.72. The lowest BCUT2D eigenvalue weighted by molar-refractivity contribution is -0.143. The number of methoxy groups -OCH3 is 1. The first-order valence-electron chi connectivity index (χ1n) is 10.5. The van der Waals surface area contributed by atoms with Crippen LogP contribution >= 0.6 is 23.4 Å². The number of hydrogen-bond donors (Lipinski definition) is 1. The van der Waals surface area contributed by atoms with E-state index in [-0.39, 0.29) is 11.5 Å². The Hall–Kier alpha value is -3.50. The molecule has 1 heterocycles. The molecule has 1 fully saturated rings. The fourth-order valence-corrected chi connectivity index (χ4v) is 4.06. The van der Waals surface area contributed by atoms with Crippen LogP contribution in [0.2, 0.25) is 5.02 Å². The zero-order chi connectivity index (χ0) is 25.5. The minimum absolute atomic E-state index is 0.160. The molecule has 1 aliphatic rings. The van der Waals surface area contributed by atoms with E-state index in [1.807, 2.05) is 0 Å². The van der Waals surface area contributed by atoms with Gasteiger partial charge in [-0.1, -0.05) is 23.7 Å². The summed E-state index contributed by atoms with van der Waals surface area (Å²) in [5.74, 6) is -0.956. The number of amides is 3. The molecule has 3 rings (SSSR count). The third-order valence-corrected chi connectivity index (χ3v) is 5.93. The number of nitrogens with one attached hydrogen (secondary N) is 1. The molecule has 3 amide bonds. The summed E-state index contributed by atoms with van der Waals surface area (Å²) in [6.45, 7) is 3.22. The van der Waals surface area contributed by atoms with Gasteiger partial charge in [0.2, 0.25) is 5.91 Å². The van der Waals surface area contributed by atoms with E-state index in [4.69, 9.17) is 21.1 Å². The van der Waals surface area contributed by atoms with Crippen molar-refractivity contribution in [2.75, 3.05) is 32.2 Å². The second kappa shape index (κ2) is 11.8. The molecule has 0 saturated carbocycles. The van der Waals surface area contributed by atoms with Gasteiger partial charge in [0.1, 0.15) is 6.54 Å². The number of hydrogen-bond acceptors (Lipinski definition) is 8. The summed E-state index contributed by atoms with van der Waals surface area (Å²) in [5.41, 5.74) is 1.87. The molecule has 0 unspecified atom stereocenters. The number of anilines is 1. The van der Waals surface area contributed by atoms with Crippen LogP contribution < -0.4 is 14.8 Å². The van der Waals surface area contributed by atoms with Gasteiger partial charge in [-0.3, -0.25) is 19.3 Å². The quantitative estimate of drug-likeness (QED) is 0.387. The summed E-state index contributed by atoms with van der Waals surface area (Å²) in [4.78, 5) is 50.1. The largest absolute Gasteiger partial charge is 0.490 e. The molecular formula is C24H23ClN2O7S. The highest BCUT2D eigenvalue weighted by atomic mass is 35.5. The molecule has 0 spiro atoms. The molecular weight excluding hydrogens is 496 g/mol. The van der Waals surface area contributed by atoms with E-state index < -0.39 is 29.6 Å². The van der Waals surface area contributed by atoms with Gasteiger partial charge < -0.3 is 19.5 Å². The molecule has 184 valence electrons. The summed E-state index contributed by atoms with van der Waals surface area (Å²) in [6.07, 6.45) is 1.52. The lowest BCUT2D eigenvalue weighted by atomic mass is 10.2. The first-order valence-corrected chi connectivity index (χ1v) is 11.7. The van der Waals surface area contributed by atoms with Gasteiger partial charge in [0.05, 0.1) is 18.6 Å². The Bertz CT molecular complexity index is 1200. The minimum Gasteiger partial charge on any atom is -0.490 e. The summed E-state index contributed by atoms with van der Waals surface area (Å²) in [5, 5.41) is 2.57. The van der Waals surface area contributed by atoms with Crippen LogP contribution in [0.25, 0.3) is 6.08 Å². The predicted octanol–water partition coefficient (Wildman–Crippen LogP) is 4.27. The van der Waals surface area contributed by atoms with Crippen molar-refractivity contribution in [2.24, 2.45) is 0 Å². The Kier molecular flexibility index (Phi) is 8.78. The third kappa shape index (κ3) is 6.77. The van der Waals surface area contributed by atoms with Crippen LogP contribution in [0, 0.1) is 6.92 Å². The first-order chi connectivity index (χ1) is 16.7. The normalized spacial score (nSPS) is 14.3. The molecule has 9 nitrogen and oxygen atoms in total. The number of rotatable bonds is 9. The monoisotopic (exact) mass is 518 g/mol. The summed E-state index contributed by atoms with van der Waals surface area (Å²) >= 11 is 6.71. The lowest BCUT2D eigenvalue weighted by Crippen LogP contribution is -2.36. The van der Waals surface area contributed by atoms with Gasteiger partial charge in [0.25, 0.3) is 11.1 Å². The highest BCUT2D eigenvalue weighted by Crippen LogP contribution is 2.34. The fourth-order valence-electron chi connectivity index (χ4n) is 3.05. The number of carbonyl (C=O) groups is 4. The molecule has 2 aromatic carbocycles. The number of carbonyl (C=O) groups excluding carboxylic acids is 4. The molecule has 1 saturated heterocycles. The smallest absolute Gasteiger partial charge is 0.343 e. The van der Waals surface area contributed by atoms with Crippen molar-refractivity contribution >= 4 is 58.1 Å². The summed E-state index contributed by atoms with van der Waals surface area (Å²) < 4.78 is 15.6. The zero-order valence-electron chi connectivity index (χ0n) is 19.3. The van der Waals surface area contributed by atoms with Gasteiger partial charge in [-0.05, 0) is 67.1 Å². The van der Waals surface area contributed by atoms with E-state index in [9.17, 15) is 19.2 Å². The molecule has 1 N–H and O–H groups in total. The fraction of sp³-hybridized carbons (Fsp3) is 0.250. The van der Waals surface area contributed by atoms with Crippen LogP contribution in [0.1, 0.15) is 18.1 Å². The van der Waals surface area contributed by atoms with E-state index in [1.165, 1.54) is 13.2 Å². The van der Waals surface area contributed by atoms with E-state index in [0.717, 1.165) is 22.2 Å². The second-order valence-corrected chi connectivity index (χ2v) is 8.71. The van der Waals surface area contributed by atoms with Crippen LogP contribution in [-0.4, -0.2) is 54.8 Å². The van der Waals surface area contributed by atoms with Crippen molar-refractivity contribution in [1.82, 2.24) is 4.90 Å². The molecule has 0 radical (unpaired) electrons. The number of halogens is 1. The van der Waals surface area contributed by atoms with Crippen molar-refractivity contribution < 1.29 is 33.4 Å². The Morgan fingerprint density at radius 3 is 2.60 bits per heavy atom. The van der Waals surface area contributed by atoms with E-state index in [0.29, 0.717) is 34.4 Å². The SMILES string of the molecule is CCOc1cc(/C=C2/SC(=O)N(CC(=O)Nc3cc(Cl)ccc3C)C2=O)ccc1OCC(=O)OC. The number of benzene rings is 2. The van der Waals surface area contributed by atoms with Gasteiger partial charge in [-0.25, -0.2) is 4.79 Å².